The van der Waals surface area contributed by atoms with Gasteiger partial charge in [0.1, 0.15) is 0 Å². The number of rotatable bonds is 6. The molecule has 0 aromatic heterocycles. The maximum Gasteiger partial charge on any atom is 0.222 e. The summed E-state index contributed by atoms with van der Waals surface area (Å²) in [6.07, 6.45) is 6.23. The topological polar surface area (TPSA) is 38.3 Å². The first-order chi connectivity index (χ1) is 7.64. The van der Waals surface area contributed by atoms with Crippen LogP contribution in [0.3, 0.4) is 0 Å². The van der Waals surface area contributed by atoms with Crippen molar-refractivity contribution in [2.24, 2.45) is 5.41 Å². The van der Waals surface area contributed by atoms with Crippen LogP contribution in [-0.2, 0) is 9.53 Å². The minimum absolute atomic E-state index is 0.144. The van der Waals surface area contributed by atoms with E-state index in [1.54, 1.807) is 7.11 Å². The van der Waals surface area contributed by atoms with Crippen molar-refractivity contribution in [1.29, 1.82) is 0 Å². The van der Waals surface area contributed by atoms with Gasteiger partial charge in [0.25, 0.3) is 0 Å². The first kappa shape index (κ1) is 12.4. The number of ether oxygens (including phenoxy) is 1. The molecule has 0 aromatic rings. The molecule has 0 saturated heterocycles. The number of amides is 1. The van der Waals surface area contributed by atoms with Gasteiger partial charge >= 0.3 is 0 Å². The van der Waals surface area contributed by atoms with Crippen LogP contribution in [0.4, 0.5) is 0 Å². The van der Waals surface area contributed by atoms with E-state index in [-0.39, 0.29) is 11.5 Å². The third kappa shape index (κ3) is 2.59. The Kier molecular flexibility index (Phi) is 3.59. The Labute approximate surface area is 105 Å². The van der Waals surface area contributed by atoms with Gasteiger partial charge in [-0.1, -0.05) is 15.9 Å². The van der Waals surface area contributed by atoms with Crippen LogP contribution in [0.1, 0.15) is 38.5 Å². The second kappa shape index (κ2) is 4.65. The van der Waals surface area contributed by atoms with E-state index in [1.165, 1.54) is 19.3 Å². The average molecular weight is 290 g/mol. The lowest BCUT2D eigenvalue weighted by molar-refractivity contribution is -0.134. The standard InChI is InChI=1S/C12H20BrNO2/c1-16-12(3-2-4-12)7-10(15)14-9-11(8-13)5-6-11/h2-9H2,1H3,(H,14,15). The fourth-order valence-electron chi connectivity index (χ4n) is 2.20. The van der Waals surface area contributed by atoms with Crippen LogP contribution < -0.4 is 5.32 Å². The zero-order valence-electron chi connectivity index (χ0n) is 9.85. The van der Waals surface area contributed by atoms with Gasteiger partial charge in [-0.3, -0.25) is 4.79 Å². The SMILES string of the molecule is COC1(CC(=O)NCC2(CBr)CC2)CCC1. The highest BCUT2D eigenvalue weighted by atomic mass is 79.9. The second-order valence-corrected chi connectivity index (χ2v) is 5.89. The summed E-state index contributed by atoms with van der Waals surface area (Å²) in [4.78, 5) is 11.8. The molecule has 3 nitrogen and oxygen atoms in total. The van der Waals surface area contributed by atoms with Crippen molar-refractivity contribution in [3.05, 3.63) is 0 Å². The molecule has 2 fully saturated rings. The third-order valence-corrected chi connectivity index (χ3v) is 5.27. The van der Waals surface area contributed by atoms with E-state index in [2.05, 4.69) is 21.2 Å². The van der Waals surface area contributed by atoms with Crippen molar-refractivity contribution in [1.82, 2.24) is 5.32 Å². The molecule has 0 unspecified atom stereocenters. The molecule has 0 atom stereocenters. The van der Waals surface area contributed by atoms with Crippen molar-refractivity contribution in [2.75, 3.05) is 19.0 Å². The summed E-state index contributed by atoms with van der Waals surface area (Å²) in [5.74, 6) is 0.147. The van der Waals surface area contributed by atoms with E-state index in [4.69, 9.17) is 4.74 Å². The molecule has 0 bridgehead atoms. The lowest BCUT2D eigenvalue weighted by Crippen LogP contribution is -2.44. The second-order valence-electron chi connectivity index (χ2n) is 5.33. The summed E-state index contributed by atoms with van der Waals surface area (Å²) in [6, 6.07) is 0. The molecule has 1 N–H and O–H groups in total. The highest BCUT2D eigenvalue weighted by Crippen LogP contribution is 2.46. The maximum atomic E-state index is 11.8. The molecule has 2 aliphatic carbocycles. The van der Waals surface area contributed by atoms with Gasteiger partial charge in [-0.15, -0.1) is 0 Å². The van der Waals surface area contributed by atoms with Crippen molar-refractivity contribution in [3.63, 3.8) is 0 Å². The zero-order valence-corrected chi connectivity index (χ0v) is 11.4. The van der Waals surface area contributed by atoms with E-state index in [0.29, 0.717) is 11.8 Å². The minimum Gasteiger partial charge on any atom is -0.378 e. The lowest BCUT2D eigenvalue weighted by Gasteiger charge is -2.40. The number of hydrogen-bond acceptors (Lipinski definition) is 2. The predicted molar refractivity (Wildman–Crippen MR) is 66.7 cm³/mol. The van der Waals surface area contributed by atoms with Gasteiger partial charge < -0.3 is 10.1 Å². The number of halogens is 1. The fraction of sp³-hybridized carbons (Fsp3) is 0.917. The molecular formula is C12H20BrNO2. The molecule has 1 amide bonds. The Balaban J connectivity index is 1.72. The summed E-state index contributed by atoms with van der Waals surface area (Å²) in [6.45, 7) is 0.816. The van der Waals surface area contributed by atoms with Gasteiger partial charge in [0.05, 0.1) is 12.0 Å². The smallest absolute Gasteiger partial charge is 0.222 e. The minimum atomic E-state index is -0.144. The van der Waals surface area contributed by atoms with Gasteiger partial charge in [0.15, 0.2) is 0 Å². The molecular weight excluding hydrogens is 270 g/mol. The van der Waals surface area contributed by atoms with Crippen LogP contribution in [0.25, 0.3) is 0 Å². The van der Waals surface area contributed by atoms with Crippen LogP contribution in [0.2, 0.25) is 0 Å². The summed E-state index contributed by atoms with van der Waals surface area (Å²) in [7, 11) is 1.72. The number of hydrogen-bond donors (Lipinski definition) is 1. The fourth-order valence-corrected chi connectivity index (χ4v) is 2.96. The van der Waals surface area contributed by atoms with Gasteiger partial charge in [-0.05, 0) is 37.5 Å². The zero-order chi connectivity index (χ0) is 11.6. The highest BCUT2D eigenvalue weighted by Gasteiger charge is 2.43. The number of alkyl halides is 1. The third-order valence-electron chi connectivity index (χ3n) is 4.08. The Morgan fingerprint density at radius 3 is 2.44 bits per heavy atom. The van der Waals surface area contributed by atoms with E-state index < -0.39 is 0 Å². The number of methoxy groups -OCH3 is 1. The quantitative estimate of drug-likeness (QED) is 0.762. The lowest BCUT2D eigenvalue weighted by atomic mass is 9.77. The summed E-state index contributed by atoms with van der Waals surface area (Å²) >= 11 is 3.51. The van der Waals surface area contributed by atoms with E-state index in [9.17, 15) is 4.79 Å². The molecule has 0 aliphatic heterocycles. The van der Waals surface area contributed by atoms with Crippen molar-refractivity contribution < 1.29 is 9.53 Å². The number of carbonyl (C=O) groups is 1. The van der Waals surface area contributed by atoms with Crippen LogP contribution in [-0.4, -0.2) is 30.5 Å². The molecule has 4 heteroatoms. The van der Waals surface area contributed by atoms with Gasteiger partial charge in [0, 0.05) is 19.0 Å². The number of carbonyl (C=O) groups excluding carboxylic acids is 1. The predicted octanol–water partition coefficient (Wildman–Crippen LogP) is 2.24. The molecule has 16 heavy (non-hydrogen) atoms. The van der Waals surface area contributed by atoms with Crippen LogP contribution >= 0.6 is 15.9 Å². The summed E-state index contributed by atoms with van der Waals surface area (Å²) < 4.78 is 5.45. The monoisotopic (exact) mass is 289 g/mol. The first-order valence-electron chi connectivity index (χ1n) is 6.02. The van der Waals surface area contributed by atoms with E-state index in [1.807, 2.05) is 0 Å². The maximum absolute atomic E-state index is 11.8. The van der Waals surface area contributed by atoms with Crippen molar-refractivity contribution in [2.45, 2.75) is 44.1 Å². The molecule has 0 aromatic carbocycles. The number of nitrogens with one attached hydrogen (secondary N) is 1. The Bertz CT molecular complexity index is 267. The Morgan fingerprint density at radius 2 is 2.06 bits per heavy atom. The largest absolute Gasteiger partial charge is 0.378 e. The van der Waals surface area contributed by atoms with E-state index in [0.717, 1.165) is 24.7 Å². The first-order valence-corrected chi connectivity index (χ1v) is 7.14. The molecule has 2 saturated carbocycles. The molecule has 0 heterocycles. The molecule has 2 rings (SSSR count). The van der Waals surface area contributed by atoms with Gasteiger partial charge in [0.2, 0.25) is 5.91 Å². The average Bonchev–Trinajstić information content (AvgIpc) is 3.01. The van der Waals surface area contributed by atoms with Crippen molar-refractivity contribution >= 4 is 21.8 Å². The molecule has 0 radical (unpaired) electrons. The highest BCUT2D eigenvalue weighted by molar-refractivity contribution is 9.09. The van der Waals surface area contributed by atoms with Crippen molar-refractivity contribution in [3.8, 4) is 0 Å². The molecule has 2 aliphatic rings. The molecule has 0 spiro atoms. The van der Waals surface area contributed by atoms with Crippen LogP contribution in [0, 0.1) is 5.41 Å². The Hall–Kier alpha value is -0.0900. The van der Waals surface area contributed by atoms with E-state index >= 15 is 0 Å². The van der Waals surface area contributed by atoms with Gasteiger partial charge in [-0.2, -0.15) is 0 Å². The summed E-state index contributed by atoms with van der Waals surface area (Å²) in [5.41, 5.74) is 0.213. The normalized spacial score (nSPS) is 24.6. The summed E-state index contributed by atoms with van der Waals surface area (Å²) in [5, 5.41) is 4.04. The molecule has 92 valence electrons. The van der Waals surface area contributed by atoms with Crippen LogP contribution in [0.15, 0.2) is 0 Å². The Morgan fingerprint density at radius 1 is 1.38 bits per heavy atom. The van der Waals surface area contributed by atoms with Gasteiger partial charge in [-0.25, -0.2) is 0 Å². The van der Waals surface area contributed by atoms with Crippen LogP contribution in [0.5, 0.6) is 0 Å².